The highest BCUT2D eigenvalue weighted by atomic mass is 16.5. The maximum atomic E-state index is 9.40. The van der Waals surface area contributed by atoms with Gasteiger partial charge >= 0.3 is 0 Å². The van der Waals surface area contributed by atoms with E-state index < -0.39 is 0 Å². The first-order chi connectivity index (χ1) is 7.83. The molecular formula is C13H17NO2. The molecule has 2 atom stereocenters. The van der Waals surface area contributed by atoms with E-state index >= 15 is 0 Å². The largest absolute Gasteiger partial charge is 0.508 e. The molecule has 86 valence electrons. The van der Waals surface area contributed by atoms with Crippen molar-refractivity contribution in [3.8, 4) is 11.5 Å². The lowest BCUT2D eigenvalue weighted by Crippen LogP contribution is -2.32. The fraction of sp³-hybridized carbons (Fsp3) is 0.538. The van der Waals surface area contributed by atoms with E-state index in [0.29, 0.717) is 17.8 Å². The van der Waals surface area contributed by atoms with Crippen molar-refractivity contribution >= 4 is 0 Å². The summed E-state index contributed by atoms with van der Waals surface area (Å²) in [4.78, 5) is 0. The second-order valence-electron chi connectivity index (χ2n) is 4.74. The molecule has 0 amide bonds. The quantitative estimate of drug-likeness (QED) is 0.755. The highest BCUT2D eigenvalue weighted by Crippen LogP contribution is 2.33. The third-order valence-corrected chi connectivity index (χ3v) is 3.64. The lowest BCUT2D eigenvalue weighted by atomic mass is 9.92. The number of phenolic OH excluding ortho intramolecular Hbond substituents is 1. The number of nitrogens with one attached hydrogen (secondary N) is 1. The highest BCUT2D eigenvalue weighted by molar-refractivity contribution is 5.41. The Kier molecular flexibility index (Phi) is 2.48. The molecule has 1 saturated heterocycles. The van der Waals surface area contributed by atoms with Gasteiger partial charge in [-0.05, 0) is 49.6 Å². The minimum atomic E-state index is 0.336. The first-order valence-corrected chi connectivity index (χ1v) is 6.02. The summed E-state index contributed by atoms with van der Waals surface area (Å²) in [5, 5.41) is 12.8. The smallest absolute Gasteiger partial charge is 0.123 e. The molecule has 0 aromatic heterocycles. The first-order valence-electron chi connectivity index (χ1n) is 6.02. The molecule has 1 aromatic carbocycles. The van der Waals surface area contributed by atoms with Crippen molar-refractivity contribution in [2.45, 2.75) is 25.4 Å². The van der Waals surface area contributed by atoms with Crippen LogP contribution in [-0.4, -0.2) is 24.3 Å². The third-order valence-electron chi connectivity index (χ3n) is 3.64. The molecule has 3 heteroatoms. The van der Waals surface area contributed by atoms with E-state index in [0.717, 1.165) is 37.2 Å². The Hall–Kier alpha value is -1.22. The summed E-state index contributed by atoms with van der Waals surface area (Å²) in [6, 6.07) is 5.41. The number of rotatable bonds is 1. The fourth-order valence-electron chi connectivity index (χ4n) is 2.72. The molecule has 3 rings (SSSR count). The predicted molar refractivity (Wildman–Crippen MR) is 61.8 cm³/mol. The van der Waals surface area contributed by atoms with Crippen LogP contribution in [0, 0.1) is 5.92 Å². The molecule has 1 aromatic rings. The van der Waals surface area contributed by atoms with Gasteiger partial charge in [0.25, 0.3) is 0 Å². The number of hydrogen-bond donors (Lipinski definition) is 2. The van der Waals surface area contributed by atoms with Crippen molar-refractivity contribution in [2.24, 2.45) is 5.92 Å². The summed E-state index contributed by atoms with van der Waals surface area (Å²) in [7, 11) is 0. The van der Waals surface area contributed by atoms with E-state index in [-0.39, 0.29) is 0 Å². The number of aromatic hydroxyl groups is 1. The second kappa shape index (κ2) is 3.98. The summed E-state index contributed by atoms with van der Waals surface area (Å²) < 4.78 is 6.02. The fourth-order valence-corrected chi connectivity index (χ4v) is 2.72. The van der Waals surface area contributed by atoms with Gasteiger partial charge in [0.2, 0.25) is 0 Å². The van der Waals surface area contributed by atoms with Crippen LogP contribution < -0.4 is 10.1 Å². The zero-order valence-corrected chi connectivity index (χ0v) is 9.28. The summed E-state index contributed by atoms with van der Waals surface area (Å²) in [5.74, 6) is 1.95. The van der Waals surface area contributed by atoms with Gasteiger partial charge in [-0.2, -0.15) is 0 Å². The molecule has 2 unspecified atom stereocenters. The maximum Gasteiger partial charge on any atom is 0.123 e. The molecule has 1 fully saturated rings. The summed E-state index contributed by atoms with van der Waals surface area (Å²) >= 11 is 0. The third kappa shape index (κ3) is 1.76. The number of phenols is 1. The van der Waals surface area contributed by atoms with E-state index in [1.165, 1.54) is 6.42 Å². The Labute approximate surface area is 95.4 Å². The zero-order chi connectivity index (χ0) is 11.0. The number of aryl methyl sites for hydroxylation is 1. The van der Waals surface area contributed by atoms with Crippen LogP contribution in [-0.2, 0) is 6.42 Å². The standard InChI is InChI=1S/C13H17NO2/c15-11-2-4-12-9(7-11)1-3-13(16-12)10-5-6-14-8-10/h2,4,7,10,13-15H,1,3,5-6,8H2. The van der Waals surface area contributed by atoms with Crippen LogP contribution >= 0.6 is 0 Å². The lowest BCUT2D eigenvalue weighted by molar-refractivity contribution is 0.119. The molecule has 0 aliphatic carbocycles. The Morgan fingerprint density at radius 1 is 1.31 bits per heavy atom. The minimum absolute atomic E-state index is 0.336. The Morgan fingerprint density at radius 2 is 2.25 bits per heavy atom. The number of fused-ring (bicyclic) bond motifs is 1. The number of hydrogen-bond acceptors (Lipinski definition) is 3. The van der Waals surface area contributed by atoms with E-state index in [2.05, 4.69) is 5.32 Å². The van der Waals surface area contributed by atoms with Crippen molar-refractivity contribution in [1.29, 1.82) is 0 Å². The van der Waals surface area contributed by atoms with Gasteiger partial charge in [0.15, 0.2) is 0 Å². The van der Waals surface area contributed by atoms with Crippen molar-refractivity contribution < 1.29 is 9.84 Å². The molecular weight excluding hydrogens is 202 g/mol. The Morgan fingerprint density at radius 3 is 3.06 bits per heavy atom. The van der Waals surface area contributed by atoms with Crippen molar-refractivity contribution in [3.05, 3.63) is 23.8 Å². The van der Waals surface area contributed by atoms with Gasteiger partial charge in [0.1, 0.15) is 17.6 Å². The van der Waals surface area contributed by atoms with Gasteiger partial charge in [0.05, 0.1) is 0 Å². The van der Waals surface area contributed by atoms with Gasteiger partial charge in [-0.3, -0.25) is 0 Å². The van der Waals surface area contributed by atoms with E-state index in [4.69, 9.17) is 4.74 Å². The minimum Gasteiger partial charge on any atom is -0.508 e. The highest BCUT2D eigenvalue weighted by Gasteiger charge is 2.29. The number of benzene rings is 1. The van der Waals surface area contributed by atoms with E-state index in [1.54, 1.807) is 6.07 Å². The summed E-state index contributed by atoms with van der Waals surface area (Å²) in [5.41, 5.74) is 1.14. The van der Waals surface area contributed by atoms with Crippen LogP contribution in [0.2, 0.25) is 0 Å². The zero-order valence-electron chi connectivity index (χ0n) is 9.28. The van der Waals surface area contributed by atoms with Gasteiger partial charge in [0, 0.05) is 12.5 Å². The monoisotopic (exact) mass is 219 g/mol. The predicted octanol–water partition coefficient (Wildman–Crippen LogP) is 1.70. The summed E-state index contributed by atoms with van der Waals surface area (Å²) in [6.07, 6.45) is 3.67. The average Bonchev–Trinajstić information content (AvgIpc) is 2.82. The van der Waals surface area contributed by atoms with Crippen LogP contribution in [0.4, 0.5) is 0 Å². The normalized spacial score (nSPS) is 28.5. The Balaban J connectivity index is 1.78. The summed E-state index contributed by atoms with van der Waals surface area (Å²) in [6.45, 7) is 2.20. The first kappa shape index (κ1) is 9.97. The van der Waals surface area contributed by atoms with Gasteiger partial charge in [-0.1, -0.05) is 0 Å². The van der Waals surface area contributed by atoms with Crippen LogP contribution in [0.3, 0.4) is 0 Å². The molecule has 16 heavy (non-hydrogen) atoms. The van der Waals surface area contributed by atoms with Gasteiger partial charge in [-0.15, -0.1) is 0 Å². The lowest BCUT2D eigenvalue weighted by Gasteiger charge is -2.30. The second-order valence-corrected chi connectivity index (χ2v) is 4.74. The molecule has 0 saturated carbocycles. The molecule has 0 spiro atoms. The van der Waals surface area contributed by atoms with Crippen LogP contribution in [0.5, 0.6) is 11.5 Å². The van der Waals surface area contributed by atoms with Crippen molar-refractivity contribution in [2.75, 3.05) is 13.1 Å². The Bertz CT molecular complexity index is 386. The maximum absolute atomic E-state index is 9.40. The molecule has 2 aliphatic heterocycles. The van der Waals surface area contributed by atoms with Gasteiger partial charge in [-0.25, -0.2) is 0 Å². The number of ether oxygens (including phenoxy) is 1. The molecule has 2 aliphatic rings. The van der Waals surface area contributed by atoms with Gasteiger partial charge < -0.3 is 15.2 Å². The molecule has 2 heterocycles. The van der Waals surface area contributed by atoms with Crippen molar-refractivity contribution in [3.63, 3.8) is 0 Å². The van der Waals surface area contributed by atoms with Crippen LogP contribution in [0.25, 0.3) is 0 Å². The van der Waals surface area contributed by atoms with E-state index in [9.17, 15) is 5.11 Å². The molecule has 0 bridgehead atoms. The molecule has 3 nitrogen and oxygen atoms in total. The molecule has 0 radical (unpaired) electrons. The SMILES string of the molecule is Oc1ccc2c(c1)CCC(C1CCNC1)O2. The van der Waals surface area contributed by atoms with E-state index in [1.807, 2.05) is 12.1 Å². The molecule has 2 N–H and O–H groups in total. The van der Waals surface area contributed by atoms with Crippen LogP contribution in [0.15, 0.2) is 18.2 Å². The average molecular weight is 219 g/mol. The topological polar surface area (TPSA) is 41.5 Å². The van der Waals surface area contributed by atoms with Crippen LogP contribution in [0.1, 0.15) is 18.4 Å². The van der Waals surface area contributed by atoms with Crippen molar-refractivity contribution in [1.82, 2.24) is 5.32 Å².